The molecular formula is C27H25ClN4O5. The molecule has 2 aromatic carbocycles. The van der Waals surface area contributed by atoms with Crippen molar-refractivity contribution in [3.8, 4) is 11.3 Å². The minimum absolute atomic E-state index is 0.116. The molecular weight excluding hydrogens is 496 g/mol. The van der Waals surface area contributed by atoms with E-state index in [2.05, 4.69) is 20.8 Å². The van der Waals surface area contributed by atoms with Gasteiger partial charge in [-0.1, -0.05) is 65.3 Å². The van der Waals surface area contributed by atoms with Crippen LogP contribution in [0.4, 0.5) is 10.6 Å². The second kappa shape index (κ2) is 12.0. The Balaban J connectivity index is 1.36. The van der Waals surface area contributed by atoms with Crippen molar-refractivity contribution in [2.75, 3.05) is 5.32 Å². The molecule has 0 aliphatic rings. The molecule has 0 fully saturated rings. The van der Waals surface area contributed by atoms with E-state index < -0.39 is 24.2 Å². The Hall–Kier alpha value is -4.37. The molecule has 0 saturated carbocycles. The zero-order chi connectivity index (χ0) is 26.2. The molecule has 10 heteroatoms. The number of carbonyl (C=O) groups excluding carboxylic acids is 1. The predicted octanol–water partition coefficient (Wildman–Crippen LogP) is 5.49. The minimum atomic E-state index is -0.977. The molecule has 0 spiro atoms. The van der Waals surface area contributed by atoms with Crippen LogP contribution in [0.3, 0.4) is 0 Å². The Morgan fingerprint density at radius 2 is 1.84 bits per heavy atom. The number of hydrogen-bond acceptors (Lipinski definition) is 7. The molecule has 2 aromatic heterocycles. The van der Waals surface area contributed by atoms with Gasteiger partial charge in [-0.25, -0.2) is 14.6 Å². The van der Waals surface area contributed by atoms with Gasteiger partial charge >= 0.3 is 12.1 Å². The number of nitrogens with zero attached hydrogens (tertiary/aromatic N) is 2. The lowest BCUT2D eigenvalue weighted by Gasteiger charge is -2.16. The highest BCUT2D eigenvalue weighted by atomic mass is 35.5. The van der Waals surface area contributed by atoms with E-state index in [1.165, 1.54) is 6.26 Å². The van der Waals surface area contributed by atoms with Gasteiger partial charge in [-0.15, -0.1) is 0 Å². The summed E-state index contributed by atoms with van der Waals surface area (Å²) >= 11 is 6.17. The lowest BCUT2D eigenvalue weighted by molar-refractivity contribution is -0.137. The summed E-state index contributed by atoms with van der Waals surface area (Å²) in [5, 5.41) is 19.8. The van der Waals surface area contributed by atoms with Gasteiger partial charge < -0.3 is 25.0 Å². The number of ether oxygens (including phenoxy) is 1. The summed E-state index contributed by atoms with van der Waals surface area (Å²) in [6.07, 6.45) is 2.15. The van der Waals surface area contributed by atoms with Gasteiger partial charge in [0.2, 0.25) is 0 Å². The van der Waals surface area contributed by atoms with Gasteiger partial charge in [0.1, 0.15) is 29.9 Å². The number of rotatable bonds is 10. The smallest absolute Gasteiger partial charge is 0.408 e. The number of carbonyl (C=O) groups is 2. The molecule has 190 valence electrons. The van der Waals surface area contributed by atoms with E-state index in [0.29, 0.717) is 39.6 Å². The Labute approximate surface area is 218 Å². The number of hydrogen-bond donors (Lipinski definition) is 3. The first-order chi connectivity index (χ1) is 17.9. The van der Waals surface area contributed by atoms with Crippen molar-refractivity contribution >= 4 is 29.5 Å². The first-order valence-corrected chi connectivity index (χ1v) is 11.9. The largest absolute Gasteiger partial charge is 0.480 e. The zero-order valence-corrected chi connectivity index (χ0v) is 20.7. The van der Waals surface area contributed by atoms with E-state index in [-0.39, 0.29) is 6.54 Å². The van der Waals surface area contributed by atoms with E-state index in [1.807, 2.05) is 36.4 Å². The number of amides is 1. The third kappa shape index (κ3) is 6.86. The molecule has 4 rings (SSSR count). The first-order valence-electron chi connectivity index (χ1n) is 11.5. The lowest BCUT2D eigenvalue weighted by Crippen LogP contribution is -2.31. The highest BCUT2D eigenvalue weighted by molar-refractivity contribution is 6.31. The quantitative estimate of drug-likeness (QED) is 0.251. The molecule has 2 atom stereocenters. The number of carboxylic acid groups (broad SMARTS) is 1. The number of alkyl carbamates (subject to hydrolysis) is 1. The highest BCUT2D eigenvalue weighted by Gasteiger charge is 2.19. The fourth-order valence-electron chi connectivity index (χ4n) is 3.71. The molecule has 2 heterocycles. The number of anilines is 1. The van der Waals surface area contributed by atoms with Gasteiger partial charge in [0.15, 0.2) is 0 Å². The molecule has 0 radical (unpaired) electrons. The average molecular weight is 521 g/mol. The molecule has 0 aliphatic heterocycles. The van der Waals surface area contributed by atoms with Crippen molar-refractivity contribution in [2.24, 2.45) is 0 Å². The number of pyridine rings is 1. The lowest BCUT2D eigenvalue weighted by atomic mass is 10.1. The Bertz CT molecular complexity index is 1340. The Kier molecular flexibility index (Phi) is 8.37. The highest BCUT2D eigenvalue weighted by Crippen LogP contribution is 2.26. The molecule has 9 nitrogen and oxygen atoms in total. The number of carboxylic acids is 1. The van der Waals surface area contributed by atoms with Gasteiger partial charge in [0.05, 0.1) is 6.54 Å². The summed E-state index contributed by atoms with van der Waals surface area (Å²) < 4.78 is 10.5. The first kappa shape index (κ1) is 25.7. The monoisotopic (exact) mass is 520 g/mol. The molecule has 2 unspecified atom stereocenters. The zero-order valence-electron chi connectivity index (χ0n) is 19.9. The summed E-state index contributed by atoms with van der Waals surface area (Å²) in [7, 11) is 0. The number of benzene rings is 2. The second-order valence-electron chi connectivity index (χ2n) is 8.27. The van der Waals surface area contributed by atoms with E-state index >= 15 is 0 Å². The van der Waals surface area contributed by atoms with Gasteiger partial charge in [0.25, 0.3) is 0 Å². The van der Waals surface area contributed by atoms with Gasteiger partial charge in [-0.3, -0.25) is 0 Å². The van der Waals surface area contributed by atoms with Gasteiger partial charge in [-0.2, -0.15) is 0 Å². The van der Waals surface area contributed by atoms with Crippen LogP contribution in [0.25, 0.3) is 11.3 Å². The van der Waals surface area contributed by atoms with Crippen LogP contribution in [0.1, 0.15) is 29.7 Å². The van der Waals surface area contributed by atoms with Crippen LogP contribution in [-0.2, 0) is 22.5 Å². The van der Waals surface area contributed by atoms with Crippen molar-refractivity contribution in [3.63, 3.8) is 0 Å². The molecule has 1 amide bonds. The molecule has 0 saturated heterocycles. The van der Waals surface area contributed by atoms with Crippen LogP contribution in [-0.4, -0.2) is 33.4 Å². The van der Waals surface area contributed by atoms with Crippen LogP contribution in [0, 0.1) is 0 Å². The molecule has 0 aliphatic carbocycles. The van der Waals surface area contributed by atoms with Crippen molar-refractivity contribution in [3.05, 3.63) is 101 Å². The van der Waals surface area contributed by atoms with Crippen LogP contribution < -0.4 is 10.6 Å². The fourth-order valence-corrected chi connectivity index (χ4v) is 4.00. The number of aromatic nitrogens is 2. The van der Waals surface area contributed by atoms with Crippen molar-refractivity contribution in [2.45, 2.75) is 32.0 Å². The van der Waals surface area contributed by atoms with Crippen molar-refractivity contribution in [1.29, 1.82) is 0 Å². The number of halogens is 1. The maximum Gasteiger partial charge on any atom is 0.408 e. The fraction of sp³-hybridized carbons (Fsp3) is 0.185. The Morgan fingerprint density at radius 3 is 2.54 bits per heavy atom. The molecule has 3 N–H and O–H groups in total. The second-order valence-corrected chi connectivity index (χ2v) is 8.68. The number of aliphatic carboxylic acids is 1. The van der Waals surface area contributed by atoms with Gasteiger partial charge in [-0.05, 0) is 30.7 Å². The van der Waals surface area contributed by atoms with E-state index in [0.717, 1.165) is 5.56 Å². The van der Waals surface area contributed by atoms with E-state index in [4.69, 9.17) is 20.9 Å². The Morgan fingerprint density at radius 1 is 1.08 bits per heavy atom. The summed E-state index contributed by atoms with van der Waals surface area (Å²) in [6.45, 7) is 1.85. The molecule has 4 aromatic rings. The number of nitrogens with one attached hydrogen (secondary N) is 2. The minimum Gasteiger partial charge on any atom is -0.480 e. The summed E-state index contributed by atoms with van der Waals surface area (Å²) in [6, 6.07) is 19.1. The maximum absolute atomic E-state index is 12.3. The van der Waals surface area contributed by atoms with Crippen LogP contribution in [0.15, 0.2) is 83.7 Å². The van der Waals surface area contributed by atoms with Crippen LogP contribution in [0.5, 0.6) is 0 Å². The third-order valence-corrected chi connectivity index (χ3v) is 5.98. The van der Waals surface area contributed by atoms with Crippen LogP contribution in [0.2, 0.25) is 5.02 Å². The van der Waals surface area contributed by atoms with E-state index in [1.54, 1.807) is 43.5 Å². The summed E-state index contributed by atoms with van der Waals surface area (Å²) in [4.78, 5) is 28.4. The standard InChI is InChI=1S/C27H25ClN4O5/c1-17(21-9-5-6-10-22(21)28)37-27(35)30-15-20-16-36-32-25(20)19-11-12-24(29-14-19)31-23(26(33)34)13-18-7-3-2-4-8-18/h2-12,14,16-17,23H,13,15H2,1H3,(H,29,31)(H,30,35)(H,33,34). The van der Waals surface area contributed by atoms with Gasteiger partial charge in [0, 0.05) is 34.3 Å². The van der Waals surface area contributed by atoms with Crippen molar-refractivity contribution < 1.29 is 24.0 Å². The van der Waals surface area contributed by atoms with Crippen molar-refractivity contribution in [1.82, 2.24) is 15.5 Å². The molecule has 0 bridgehead atoms. The SMILES string of the molecule is CC(OC(=O)NCc1conc1-c1ccc(NC(Cc2ccccc2)C(=O)O)nc1)c1ccccc1Cl. The summed E-state index contributed by atoms with van der Waals surface area (Å²) in [5.41, 5.74) is 3.37. The average Bonchev–Trinajstić information content (AvgIpc) is 3.37. The topological polar surface area (TPSA) is 127 Å². The normalized spacial score (nSPS) is 12.4. The molecule has 37 heavy (non-hydrogen) atoms. The van der Waals surface area contributed by atoms with Crippen LogP contribution >= 0.6 is 11.6 Å². The maximum atomic E-state index is 12.3. The predicted molar refractivity (Wildman–Crippen MR) is 138 cm³/mol. The summed E-state index contributed by atoms with van der Waals surface area (Å²) in [5.74, 6) is -0.567. The third-order valence-electron chi connectivity index (χ3n) is 5.63. The van der Waals surface area contributed by atoms with E-state index in [9.17, 15) is 14.7 Å².